The van der Waals surface area contributed by atoms with Crippen LogP contribution in [0.5, 0.6) is 5.88 Å². The van der Waals surface area contributed by atoms with Gasteiger partial charge >= 0.3 is 0 Å². The van der Waals surface area contributed by atoms with Crippen LogP contribution in [0.1, 0.15) is 67.7 Å². The molecule has 4 rings (SSSR count). The minimum absolute atomic E-state index is 0.0512. The lowest BCUT2D eigenvalue weighted by Gasteiger charge is -2.21. The van der Waals surface area contributed by atoms with Crippen LogP contribution >= 0.6 is 0 Å². The number of halogens is 2. The van der Waals surface area contributed by atoms with Crippen LogP contribution in [0.15, 0.2) is 36.7 Å². The van der Waals surface area contributed by atoms with Crippen molar-refractivity contribution in [1.29, 1.82) is 0 Å². The van der Waals surface area contributed by atoms with Gasteiger partial charge < -0.3 is 15.0 Å². The van der Waals surface area contributed by atoms with Crippen LogP contribution in [-0.4, -0.2) is 32.9 Å². The van der Waals surface area contributed by atoms with Gasteiger partial charge in [0.2, 0.25) is 5.88 Å². The first-order valence-corrected chi connectivity index (χ1v) is 11.7. The predicted octanol–water partition coefficient (Wildman–Crippen LogP) is 6.06. The molecule has 2 aromatic heterocycles. The van der Waals surface area contributed by atoms with Gasteiger partial charge in [-0.2, -0.15) is 0 Å². The highest BCUT2D eigenvalue weighted by Crippen LogP contribution is 2.34. The Kier molecular flexibility index (Phi) is 6.49. The van der Waals surface area contributed by atoms with Gasteiger partial charge in [0.05, 0.1) is 12.6 Å². The van der Waals surface area contributed by atoms with E-state index < -0.39 is 23.3 Å². The Morgan fingerprint density at radius 2 is 1.86 bits per heavy atom. The minimum Gasteiger partial charge on any atom is -0.472 e. The standard InChI is InChI=1S/C27H30F2N4O2/c1-7-33-14-21-17(26(33)34)8-9-30-25(21)32-16(3)19-10-23(29)20(11-22(19)28)18-12-24(31-13-15(18)2)35-27(4,5)6/h8-13,16H,7,14H2,1-6H3,(H,30,32)/t16-/m0/s1. The second-order valence-electron chi connectivity index (χ2n) is 9.78. The lowest BCUT2D eigenvalue weighted by Crippen LogP contribution is -2.23. The maximum atomic E-state index is 15.3. The molecule has 0 radical (unpaired) electrons. The van der Waals surface area contributed by atoms with E-state index in [9.17, 15) is 4.79 Å². The van der Waals surface area contributed by atoms with Crippen LogP contribution in [0.2, 0.25) is 0 Å². The summed E-state index contributed by atoms with van der Waals surface area (Å²) < 4.78 is 36.4. The van der Waals surface area contributed by atoms with Crippen LogP contribution in [-0.2, 0) is 6.54 Å². The van der Waals surface area contributed by atoms with Crippen LogP contribution in [0, 0.1) is 18.6 Å². The van der Waals surface area contributed by atoms with Gasteiger partial charge in [-0.25, -0.2) is 18.7 Å². The number of hydrogen-bond donors (Lipinski definition) is 1. The first-order chi connectivity index (χ1) is 16.5. The third kappa shape index (κ3) is 4.97. The number of aryl methyl sites for hydroxylation is 1. The molecule has 1 amide bonds. The molecule has 1 N–H and O–H groups in total. The molecule has 0 fully saturated rings. The number of anilines is 1. The Hall–Kier alpha value is -3.55. The molecule has 8 heteroatoms. The van der Waals surface area contributed by atoms with E-state index in [0.717, 1.165) is 5.56 Å². The first-order valence-electron chi connectivity index (χ1n) is 11.7. The molecule has 0 unspecified atom stereocenters. The second-order valence-corrected chi connectivity index (χ2v) is 9.78. The SMILES string of the molecule is CCN1Cc2c(ccnc2N[C@@H](C)c2cc(F)c(-c3cc(OC(C)(C)C)ncc3C)cc2F)C1=O. The molecule has 0 saturated heterocycles. The second kappa shape index (κ2) is 9.24. The van der Waals surface area contributed by atoms with E-state index in [1.54, 1.807) is 43.3 Å². The zero-order valence-corrected chi connectivity index (χ0v) is 20.9. The van der Waals surface area contributed by atoms with Gasteiger partial charge in [0.1, 0.15) is 23.1 Å². The van der Waals surface area contributed by atoms with E-state index in [0.29, 0.717) is 41.5 Å². The number of hydrogen-bond acceptors (Lipinski definition) is 5. The molecular weight excluding hydrogens is 450 g/mol. The molecule has 0 saturated carbocycles. The molecule has 1 aromatic carbocycles. The number of pyridine rings is 2. The van der Waals surface area contributed by atoms with Gasteiger partial charge in [-0.1, -0.05) is 0 Å². The number of rotatable bonds is 6. The number of nitrogens with zero attached hydrogens (tertiary/aromatic N) is 3. The summed E-state index contributed by atoms with van der Waals surface area (Å²) in [6.07, 6.45) is 3.14. The Balaban J connectivity index is 1.64. The minimum atomic E-state index is -0.582. The fourth-order valence-corrected chi connectivity index (χ4v) is 4.21. The van der Waals surface area contributed by atoms with Crippen molar-refractivity contribution < 1.29 is 18.3 Å². The fourth-order valence-electron chi connectivity index (χ4n) is 4.21. The summed E-state index contributed by atoms with van der Waals surface area (Å²) in [7, 11) is 0. The van der Waals surface area contributed by atoms with Gasteiger partial charge in [0.25, 0.3) is 5.91 Å². The average Bonchev–Trinajstić information content (AvgIpc) is 3.12. The van der Waals surface area contributed by atoms with Crippen molar-refractivity contribution in [3.05, 3.63) is 70.5 Å². The molecule has 1 aliphatic heterocycles. The van der Waals surface area contributed by atoms with Crippen molar-refractivity contribution in [3.8, 4) is 17.0 Å². The predicted molar refractivity (Wildman–Crippen MR) is 131 cm³/mol. The Labute approximate surface area is 204 Å². The lowest BCUT2D eigenvalue weighted by molar-refractivity contribution is 0.0787. The topological polar surface area (TPSA) is 67.3 Å². The summed E-state index contributed by atoms with van der Waals surface area (Å²) in [5.74, 6) is -0.307. The van der Waals surface area contributed by atoms with Gasteiger partial charge in [0.15, 0.2) is 0 Å². The lowest BCUT2D eigenvalue weighted by atomic mass is 9.97. The van der Waals surface area contributed by atoms with E-state index in [2.05, 4.69) is 15.3 Å². The van der Waals surface area contributed by atoms with Gasteiger partial charge in [-0.3, -0.25) is 4.79 Å². The highest BCUT2D eigenvalue weighted by atomic mass is 19.1. The average molecular weight is 481 g/mol. The molecule has 0 spiro atoms. The summed E-state index contributed by atoms with van der Waals surface area (Å²) in [6.45, 7) is 12.1. The van der Waals surface area contributed by atoms with Crippen molar-refractivity contribution >= 4 is 11.7 Å². The summed E-state index contributed by atoms with van der Waals surface area (Å²) in [6, 6.07) is 5.15. The summed E-state index contributed by atoms with van der Waals surface area (Å²) in [5.41, 5.74) is 2.41. The number of aromatic nitrogens is 2. The molecular formula is C27H30F2N4O2. The maximum absolute atomic E-state index is 15.3. The van der Waals surface area contributed by atoms with E-state index in [4.69, 9.17) is 4.74 Å². The quantitative estimate of drug-likeness (QED) is 0.465. The number of ether oxygens (including phenoxy) is 1. The monoisotopic (exact) mass is 480 g/mol. The van der Waals surface area contributed by atoms with Crippen LogP contribution in [0.3, 0.4) is 0 Å². The molecule has 0 bridgehead atoms. The number of carbonyl (C=O) groups is 1. The molecule has 6 nitrogen and oxygen atoms in total. The summed E-state index contributed by atoms with van der Waals surface area (Å²) in [4.78, 5) is 22.8. The normalized spacial score (nSPS) is 14.2. The number of carbonyl (C=O) groups excluding carboxylic acids is 1. The molecule has 1 atom stereocenters. The number of nitrogens with one attached hydrogen (secondary N) is 1. The van der Waals surface area contributed by atoms with E-state index in [1.165, 1.54) is 12.1 Å². The molecule has 1 aliphatic rings. The third-order valence-electron chi connectivity index (χ3n) is 5.99. The van der Waals surface area contributed by atoms with E-state index in [-0.39, 0.29) is 17.0 Å². The van der Waals surface area contributed by atoms with Crippen molar-refractivity contribution in [1.82, 2.24) is 14.9 Å². The Bertz CT molecular complexity index is 1290. The van der Waals surface area contributed by atoms with Crippen molar-refractivity contribution in [2.45, 2.75) is 59.7 Å². The maximum Gasteiger partial charge on any atom is 0.254 e. The first kappa shape index (κ1) is 24.6. The van der Waals surface area contributed by atoms with Crippen molar-refractivity contribution in [2.24, 2.45) is 0 Å². The third-order valence-corrected chi connectivity index (χ3v) is 5.99. The van der Waals surface area contributed by atoms with Crippen LogP contribution in [0.25, 0.3) is 11.1 Å². The van der Waals surface area contributed by atoms with Crippen LogP contribution in [0.4, 0.5) is 14.6 Å². The van der Waals surface area contributed by atoms with E-state index in [1.807, 2.05) is 27.7 Å². The smallest absolute Gasteiger partial charge is 0.254 e. The molecule has 184 valence electrons. The Morgan fingerprint density at radius 3 is 2.54 bits per heavy atom. The van der Waals surface area contributed by atoms with Gasteiger partial charge in [0, 0.05) is 47.3 Å². The largest absolute Gasteiger partial charge is 0.472 e. The zero-order valence-electron chi connectivity index (χ0n) is 20.9. The zero-order chi connectivity index (χ0) is 25.5. The van der Waals surface area contributed by atoms with Crippen molar-refractivity contribution in [2.75, 3.05) is 11.9 Å². The fraction of sp³-hybridized carbons (Fsp3) is 0.370. The number of fused-ring (bicyclic) bond motifs is 1. The van der Waals surface area contributed by atoms with E-state index >= 15 is 8.78 Å². The number of benzene rings is 1. The van der Waals surface area contributed by atoms with Crippen molar-refractivity contribution in [3.63, 3.8) is 0 Å². The molecule has 35 heavy (non-hydrogen) atoms. The summed E-state index contributed by atoms with van der Waals surface area (Å²) in [5, 5.41) is 3.17. The molecule has 0 aliphatic carbocycles. The number of amides is 1. The summed E-state index contributed by atoms with van der Waals surface area (Å²) >= 11 is 0. The highest BCUT2D eigenvalue weighted by molar-refractivity contribution is 5.99. The molecule has 3 aromatic rings. The van der Waals surface area contributed by atoms with Crippen LogP contribution < -0.4 is 10.1 Å². The highest BCUT2D eigenvalue weighted by Gasteiger charge is 2.29. The van der Waals surface area contributed by atoms with Gasteiger partial charge in [-0.05, 0) is 70.9 Å². The molecule has 3 heterocycles. The van der Waals surface area contributed by atoms with Gasteiger partial charge in [-0.15, -0.1) is 0 Å². The Morgan fingerprint density at radius 1 is 1.11 bits per heavy atom.